The average molecular weight is 506 g/mol. The normalized spacial score (nSPS) is 13.4. The summed E-state index contributed by atoms with van der Waals surface area (Å²) in [7, 11) is 0. The van der Waals surface area contributed by atoms with Crippen LogP contribution in [0.1, 0.15) is 35.1 Å². The van der Waals surface area contributed by atoms with E-state index in [1.807, 2.05) is 36.1 Å². The molecule has 0 unspecified atom stereocenters. The Kier molecular flexibility index (Phi) is 8.66. The molecule has 0 aliphatic carbocycles. The van der Waals surface area contributed by atoms with Crippen molar-refractivity contribution in [2.24, 2.45) is 0 Å². The molecule has 0 radical (unpaired) electrons. The van der Waals surface area contributed by atoms with Gasteiger partial charge in [-0.1, -0.05) is 24.3 Å². The zero-order valence-corrected chi connectivity index (χ0v) is 21.3. The number of benzene rings is 2. The van der Waals surface area contributed by atoms with E-state index in [4.69, 9.17) is 4.74 Å². The lowest BCUT2D eigenvalue weighted by molar-refractivity contribution is -0.131. The van der Waals surface area contributed by atoms with Gasteiger partial charge in [-0.2, -0.15) is 0 Å². The van der Waals surface area contributed by atoms with E-state index in [1.165, 1.54) is 24.5 Å². The van der Waals surface area contributed by atoms with Crippen LogP contribution in [0.3, 0.4) is 0 Å². The lowest BCUT2D eigenvalue weighted by Crippen LogP contribution is -2.49. The molecule has 1 saturated heterocycles. The smallest absolute Gasteiger partial charge is 0.274 e. The second kappa shape index (κ2) is 12.3. The molecular formula is C28H32FN5O3. The van der Waals surface area contributed by atoms with Crippen LogP contribution in [0.2, 0.25) is 0 Å². The summed E-state index contributed by atoms with van der Waals surface area (Å²) >= 11 is 0. The van der Waals surface area contributed by atoms with Gasteiger partial charge < -0.3 is 19.4 Å². The molecule has 0 spiro atoms. The summed E-state index contributed by atoms with van der Waals surface area (Å²) in [5.74, 6) is 0.176. The van der Waals surface area contributed by atoms with Gasteiger partial charge in [0.1, 0.15) is 17.3 Å². The van der Waals surface area contributed by atoms with E-state index in [9.17, 15) is 14.0 Å². The number of aromatic nitrogens is 2. The van der Waals surface area contributed by atoms with Gasteiger partial charge in [-0.05, 0) is 43.7 Å². The molecule has 0 N–H and O–H groups in total. The van der Waals surface area contributed by atoms with Crippen molar-refractivity contribution < 1.29 is 18.7 Å². The van der Waals surface area contributed by atoms with Gasteiger partial charge in [-0.15, -0.1) is 0 Å². The van der Waals surface area contributed by atoms with Crippen LogP contribution < -0.4 is 9.64 Å². The maximum Gasteiger partial charge on any atom is 0.274 e. The second-order valence-corrected chi connectivity index (χ2v) is 8.91. The molecule has 8 nitrogen and oxygen atoms in total. The third kappa shape index (κ3) is 6.81. The van der Waals surface area contributed by atoms with Crippen molar-refractivity contribution in [2.45, 2.75) is 26.8 Å². The molecule has 1 aromatic heterocycles. The van der Waals surface area contributed by atoms with Gasteiger partial charge in [0.2, 0.25) is 5.91 Å². The third-order valence-electron chi connectivity index (χ3n) is 6.31. The summed E-state index contributed by atoms with van der Waals surface area (Å²) in [4.78, 5) is 40.3. The Morgan fingerprint density at radius 3 is 2.41 bits per heavy atom. The number of para-hydroxylation sites is 2. The van der Waals surface area contributed by atoms with Gasteiger partial charge in [-0.25, -0.2) is 9.37 Å². The molecule has 2 aromatic carbocycles. The summed E-state index contributed by atoms with van der Waals surface area (Å²) in [6, 6.07) is 13.9. The van der Waals surface area contributed by atoms with Crippen molar-refractivity contribution in [3.63, 3.8) is 0 Å². The molecule has 37 heavy (non-hydrogen) atoms. The van der Waals surface area contributed by atoms with Crippen molar-refractivity contribution in [3.8, 4) is 5.75 Å². The van der Waals surface area contributed by atoms with Crippen LogP contribution in [0.15, 0.2) is 60.9 Å². The number of carbonyl (C=O) groups excluding carboxylic acids is 2. The van der Waals surface area contributed by atoms with Crippen molar-refractivity contribution >= 4 is 17.5 Å². The number of ether oxygens (including phenoxy) is 1. The van der Waals surface area contributed by atoms with E-state index >= 15 is 0 Å². The minimum atomic E-state index is -0.343. The average Bonchev–Trinajstić information content (AvgIpc) is 2.92. The first-order chi connectivity index (χ1) is 17.9. The molecule has 1 aliphatic rings. The van der Waals surface area contributed by atoms with E-state index in [0.29, 0.717) is 38.5 Å². The zero-order valence-electron chi connectivity index (χ0n) is 21.3. The summed E-state index contributed by atoms with van der Waals surface area (Å²) in [5.41, 5.74) is 2.72. The topological polar surface area (TPSA) is 78.9 Å². The Balaban J connectivity index is 1.38. The number of anilines is 1. The predicted molar refractivity (Wildman–Crippen MR) is 139 cm³/mol. The lowest BCUT2D eigenvalue weighted by Gasteiger charge is -2.37. The van der Waals surface area contributed by atoms with Crippen molar-refractivity contribution in [1.29, 1.82) is 0 Å². The molecule has 3 aromatic rings. The SMILES string of the molecule is CCOc1ccccc1N1CCN(C(=O)CCN(Cc2ccc(F)cc2)C(=O)c2cnc(C)cn2)CC1. The van der Waals surface area contributed by atoms with Crippen LogP contribution in [0.25, 0.3) is 0 Å². The standard InChI is InChI=1S/C28H32FN5O3/c1-3-37-26-7-5-4-6-25(26)32-14-16-33(17-15-32)27(35)12-13-34(20-22-8-10-23(29)11-9-22)28(36)24-19-30-21(2)18-31-24/h4-11,18-19H,3,12-17,20H2,1-2H3. The van der Waals surface area contributed by atoms with Crippen LogP contribution >= 0.6 is 0 Å². The van der Waals surface area contributed by atoms with Crippen molar-refractivity contribution in [1.82, 2.24) is 19.8 Å². The van der Waals surface area contributed by atoms with Gasteiger partial charge >= 0.3 is 0 Å². The van der Waals surface area contributed by atoms with Crippen LogP contribution in [0, 0.1) is 12.7 Å². The number of hydrogen-bond acceptors (Lipinski definition) is 6. The quantitative estimate of drug-likeness (QED) is 0.441. The van der Waals surface area contributed by atoms with E-state index < -0.39 is 0 Å². The van der Waals surface area contributed by atoms with Crippen LogP contribution in [-0.4, -0.2) is 70.9 Å². The summed E-state index contributed by atoms with van der Waals surface area (Å²) in [6.07, 6.45) is 3.16. The number of hydrogen-bond donors (Lipinski definition) is 0. The van der Waals surface area contributed by atoms with Gasteiger partial charge in [-0.3, -0.25) is 14.6 Å². The molecule has 1 aliphatic heterocycles. The predicted octanol–water partition coefficient (Wildman–Crippen LogP) is 3.70. The molecule has 0 saturated carbocycles. The summed E-state index contributed by atoms with van der Waals surface area (Å²) < 4.78 is 19.1. The minimum Gasteiger partial charge on any atom is -0.492 e. The van der Waals surface area contributed by atoms with E-state index in [2.05, 4.69) is 14.9 Å². The van der Waals surface area contributed by atoms with Crippen molar-refractivity contribution in [3.05, 3.63) is 83.7 Å². The Hall–Kier alpha value is -4.01. The molecule has 0 atom stereocenters. The molecule has 2 heterocycles. The first kappa shape index (κ1) is 26.1. The van der Waals surface area contributed by atoms with Gasteiger partial charge in [0.15, 0.2) is 0 Å². The highest BCUT2D eigenvalue weighted by molar-refractivity contribution is 5.92. The van der Waals surface area contributed by atoms with Gasteiger partial charge in [0, 0.05) is 51.9 Å². The van der Waals surface area contributed by atoms with Gasteiger partial charge in [0.05, 0.1) is 24.2 Å². The fourth-order valence-electron chi connectivity index (χ4n) is 4.31. The summed E-state index contributed by atoms with van der Waals surface area (Å²) in [5, 5.41) is 0. The Morgan fingerprint density at radius 1 is 1.00 bits per heavy atom. The van der Waals surface area contributed by atoms with E-state index in [-0.39, 0.29) is 42.8 Å². The number of carbonyl (C=O) groups is 2. The number of amides is 2. The molecule has 2 amide bonds. The first-order valence-corrected chi connectivity index (χ1v) is 12.5. The minimum absolute atomic E-state index is 0.00959. The number of halogens is 1. The number of piperazine rings is 1. The third-order valence-corrected chi connectivity index (χ3v) is 6.31. The van der Waals surface area contributed by atoms with Gasteiger partial charge in [0.25, 0.3) is 5.91 Å². The highest BCUT2D eigenvalue weighted by Gasteiger charge is 2.25. The maximum atomic E-state index is 13.4. The summed E-state index contributed by atoms with van der Waals surface area (Å²) in [6.45, 7) is 7.40. The van der Waals surface area contributed by atoms with Crippen LogP contribution in [0.4, 0.5) is 10.1 Å². The fourth-order valence-corrected chi connectivity index (χ4v) is 4.31. The molecular weight excluding hydrogens is 473 g/mol. The number of rotatable bonds is 9. The molecule has 194 valence electrons. The largest absolute Gasteiger partial charge is 0.492 e. The Morgan fingerprint density at radius 2 is 1.73 bits per heavy atom. The molecule has 9 heteroatoms. The second-order valence-electron chi connectivity index (χ2n) is 8.91. The van der Waals surface area contributed by atoms with E-state index in [1.54, 1.807) is 24.0 Å². The Bertz CT molecular complexity index is 1200. The maximum absolute atomic E-state index is 13.4. The molecule has 4 rings (SSSR count). The highest BCUT2D eigenvalue weighted by Crippen LogP contribution is 2.29. The zero-order chi connectivity index (χ0) is 26.2. The fraction of sp³-hybridized carbons (Fsp3) is 0.357. The van der Waals surface area contributed by atoms with E-state index in [0.717, 1.165) is 17.0 Å². The Labute approximate surface area is 216 Å². The molecule has 0 bridgehead atoms. The number of nitrogens with zero attached hydrogens (tertiary/aromatic N) is 5. The van der Waals surface area contributed by atoms with Crippen LogP contribution in [0.5, 0.6) is 5.75 Å². The monoisotopic (exact) mass is 505 g/mol. The number of aryl methyl sites for hydroxylation is 1. The highest BCUT2D eigenvalue weighted by atomic mass is 19.1. The lowest BCUT2D eigenvalue weighted by atomic mass is 10.2. The van der Waals surface area contributed by atoms with Crippen molar-refractivity contribution in [2.75, 3.05) is 44.2 Å². The first-order valence-electron chi connectivity index (χ1n) is 12.5. The van der Waals surface area contributed by atoms with Crippen LogP contribution in [-0.2, 0) is 11.3 Å². The molecule has 1 fully saturated rings.